The first-order valence-corrected chi connectivity index (χ1v) is 8.55. The van der Waals surface area contributed by atoms with E-state index in [1.165, 1.54) is 13.2 Å². The number of carboxylic acids is 1. The van der Waals surface area contributed by atoms with Crippen LogP contribution < -0.4 is 9.47 Å². The number of hydrogen-bond donors (Lipinski definition) is 1. The van der Waals surface area contributed by atoms with Crippen LogP contribution in [0.3, 0.4) is 0 Å². The van der Waals surface area contributed by atoms with Crippen LogP contribution in [0.15, 0.2) is 48.5 Å². The predicted molar refractivity (Wildman–Crippen MR) is 94.9 cm³/mol. The molecule has 1 fully saturated rings. The number of nitrogens with zero attached hydrogens (tertiary/aromatic N) is 1. The molecule has 1 N–H and O–H groups in total. The van der Waals surface area contributed by atoms with E-state index in [1.807, 2.05) is 4.90 Å². The van der Waals surface area contributed by atoms with Crippen molar-refractivity contribution in [2.24, 2.45) is 0 Å². The van der Waals surface area contributed by atoms with Gasteiger partial charge >= 0.3 is 5.97 Å². The molecule has 0 aromatic heterocycles. The number of hydrogen-bond acceptors (Lipinski definition) is 4. The lowest BCUT2D eigenvalue weighted by molar-refractivity contribution is -0.160. The summed E-state index contributed by atoms with van der Waals surface area (Å²) in [5.41, 5.74) is -0.693. The first-order valence-electron chi connectivity index (χ1n) is 8.55. The predicted octanol–water partition coefficient (Wildman–Crippen LogP) is 3.33. The second kappa shape index (κ2) is 7.74. The molecular formula is C20H22FNO4. The maximum atomic E-state index is 13.8. The minimum atomic E-state index is -1.31. The number of rotatable bonds is 6. The zero-order valence-corrected chi connectivity index (χ0v) is 14.7. The van der Waals surface area contributed by atoms with Gasteiger partial charge in [-0.15, -0.1) is 0 Å². The SMILES string of the molecule is COc1ccccc1OC1(C(=O)O)CCN(Cc2ccccc2F)CC1. The molecule has 0 saturated carbocycles. The molecule has 0 atom stereocenters. The van der Waals surface area contributed by atoms with Gasteiger partial charge in [-0.2, -0.15) is 0 Å². The summed E-state index contributed by atoms with van der Waals surface area (Å²) in [6.45, 7) is 1.47. The first kappa shape index (κ1) is 18.2. The van der Waals surface area contributed by atoms with Crippen LogP contribution in [0.1, 0.15) is 18.4 Å². The first-order chi connectivity index (χ1) is 12.5. The van der Waals surface area contributed by atoms with Gasteiger partial charge < -0.3 is 14.6 Å². The zero-order chi connectivity index (χ0) is 18.6. The summed E-state index contributed by atoms with van der Waals surface area (Å²) in [6.07, 6.45) is 0.629. The third-order valence-electron chi connectivity index (χ3n) is 4.78. The number of ether oxygens (including phenoxy) is 2. The van der Waals surface area contributed by atoms with E-state index in [0.717, 1.165) is 0 Å². The summed E-state index contributed by atoms with van der Waals surface area (Å²) in [5.74, 6) is -0.316. The van der Waals surface area contributed by atoms with E-state index in [1.54, 1.807) is 42.5 Å². The van der Waals surface area contributed by atoms with Crippen molar-refractivity contribution < 1.29 is 23.8 Å². The van der Waals surface area contributed by atoms with E-state index >= 15 is 0 Å². The number of methoxy groups -OCH3 is 1. The Labute approximate surface area is 152 Å². The Hall–Kier alpha value is -2.60. The minimum absolute atomic E-state index is 0.243. The molecule has 5 nitrogen and oxygen atoms in total. The van der Waals surface area contributed by atoms with Crippen LogP contribution in [-0.4, -0.2) is 41.8 Å². The maximum absolute atomic E-state index is 13.8. The van der Waals surface area contributed by atoms with E-state index in [0.29, 0.717) is 49.5 Å². The van der Waals surface area contributed by atoms with Crippen LogP contribution in [0, 0.1) is 5.82 Å². The van der Waals surface area contributed by atoms with Crippen LogP contribution in [-0.2, 0) is 11.3 Å². The van der Waals surface area contributed by atoms with Gasteiger partial charge in [0.15, 0.2) is 11.5 Å². The minimum Gasteiger partial charge on any atom is -0.493 e. The summed E-state index contributed by atoms with van der Waals surface area (Å²) >= 11 is 0. The number of piperidine rings is 1. The van der Waals surface area contributed by atoms with Gasteiger partial charge in [0, 0.05) is 38.0 Å². The molecule has 1 aliphatic rings. The Morgan fingerprint density at radius 2 is 1.73 bits per heavy atom. The summed E-state index contributed by atoms with van der Waals surface area (Å²) in [6, 6.07) is 13.7. The molecule has 26 heavy (non-hydrogen) atoms. The maximum Gasteiger partial charge on any atom is 0.348 e. The lowest BCUT2D eigenvalue weighted by atomic mass is 9.90. The number of carboxylic acid groups (broad SMARTS) is 1. The summed E-state index contributed by atoms with van der Waals surface area (Å²) in [7, 11) is 1.52. The number of benzene rings is 2. The average molecular weight is 359 g/mol. The normalized spacial score (nSPS) is 16.8. The van der Waals surface area contributed by atoms with Crippen molar-refractivity contribution >= 4 is 5.97 Å². The van der Waals surface area contributed by atoms with Crippen molar-refractivity contribution in [3.8, 4) is 11.5 Å². The number of carbonyl (C=O) groups is 1. The van der Waals surface area contributed by atoms with Crippen molar-refractivity contribution in [2.75, 3.05) is 20.2 Å². The molecule has 1 saturated heterocycles. The fourth-order valence-electron chi connectivity index (χ4n) is 3.21. The van der Waals surface area contributed by atoms with Crippen molar-refractivity contribution in [3.63, 3.8) is 0 Å². The Bertz CT molecular complexity index is 772. The van der Waals surface area contributed by atoms with E-state index in [2.05, 4.69) is 0 Å². The van der Waals surface area contributed by atoms with Crippen molar-refractivity contribution in [1.82, 2.24) is 4.90 Å². The molecular weight excluding hydrogens is 337 g/mol. The third-order valence-corrected chi connectivity index (χ3v) is 4.78. The van der Waals surface area contributed by atoms with Crippen LogP contribution in [0.5, 0.6) is 11.5 Å². The molecule has 138 valence electrons. The number of aliphatic carboxylic acids is 1. The van der Waals surface area contributed by atoms with Gasteiger partial charge in [0.25, 0.3) is 0 Å². The molecule has 2 aromatic rings. The highest BCUT2D eigenvalue weighted by atomic mass is 19.1. The van der Waals surface area contributed by atoms with Crippen LogP contribution in [0.25, 0.3) is 0 Å². The van der Waals surface area contributed by atoms with Gasteiger partial charge in [-0.3, -0.25) is 4.90 Å². The molecule has 0 spiro atoms. The van der Waals surface area contributed by atoms with Gasteiger partial charge in [-0.1, -0.05) is 30.3 Å². The molecule has 0 amide bonds. The fraction of sp³-hybridized carbons (Fsp3) is 0.350. The smallest absolute Gasteiger partial charge is 0.348 e. The van der Waals surface area contributed by atoms with E-state index in [-0.39, 0.29) is 5.82 Å². The highest BCUT2D eigenvalue weighted by Crippen LogP contribution is 2.35. The summed E-state index contributed by atoms with van der Waals surface area (Å²) in [5, 5.41) is 9.79. The Morgan fingerprint density at radius 3 is 2.35 bits per heavy atom. The zero-order valence-electron chi connectivity index (χ0n) is 14.7. The summed E-state index contributed by atoms with van der Waals surface area (Å²) < 4.78 is 25.0. The van der Waals surface area contributed by atoms with Gasteiger partial charge in [0.2, 0.25) is 5.60 Å². The monoisotopic (exact) mass is 359 g/mol. The van der Waals surface area contributed by atoms with Crippen LogP contribution in [0.2, 0.25) is 0 Å². The highest BCUT2D eigenvalue weighted by Gasteiger charge is 2.44. The van der Waals surface area contributed by atoms with Crippen molar-refractivity contribution in [2.45, 2.75) is 25.0 Å². The van der Waals surface area contributed by atoms with Crippen LogP contribution >= 0.6 is 0 Å². The lowest BCUT2D eigenvalue weighted by Gasteiger charge is -2.39. The molecule has 0 aliphatic carbocycles. The molecule has 1 heterocycles. The molecule has 0 unspecified atom stereocenters. The topological polar surface area (TPSA) is 59.0 Å². The van der Waals surface area contributed by atoms with E-state index in [4.69, 9.17) is 9.47 Å². The Balaban J connectivity index is 1.71. The van der Waals surface area contributed by atoms with Crippen molar-refractivity contribution in [3.05, 3.63) is 59.9 Å². The molecule has 0 radical (unpaired) electrons. The Morgan fingerprint density at radius 1 is 1.12 bits per heavy atom. The lowest BCUT2D eigenvalue weighted by Crippen LogP contribution is -2.53. The second-order valence-electron chi connectivity index (χ2n) is 6.42. The fourth-order valence-corrected chi connectivity index (χ4v) is 3.21. The largest absolute Gasteiger partial charge is 0.493 e. The van der Waals surface area contributed by atoms with Gasteiger partial charge in [-0.05, 0) is 18.2 Å². The number of para-hydroxylation sites is 2. The van der Waals surface area contributed by atoms with Crippen molar-refractivity contribution in [1.29, 1.82) is 0 Å². The van der Waals surface area contributed by atoms with Gasteiger partial charge in [-0.25, -0.2) is 9.18 Å². The molecule has 1 aliphatic heterocycles. The van der Waals surface area contributed by atoms with Crippen LogP contribution in [0.4, 0.5) is 4.39 Å². The molecule has 2 aromatic carbocycles. The Kier molecular flexibility index (Phi) is 5.42. The standard InChI is InChI=1S/C20H22FNO4/c1-25-17-8-4-5-9-18(17)26-20(19(23)24)10-12-22(13-11-20)14-15-6-2-3-7-16(15)21/h2-9H,10-14H2,1H3,(H,23,24). The summed E-state index contributed by atoms with van der Waals surface area (Å²) in [4.78, 5) is 14.0. The number of likely N-dealkylation sites (tertiary alicyclic amines) is 1. The quantitative estimate of drug-likeness (QED) is 0.857. The van der Waals surface area contributed by atoms with Gasteiger partial charge in [0.1, 0.15) is 5.82 Å². The number of halogens is 1. The third kappa shape index (κ3) is 3.80. The van der Waals surface area contributed by atoms with Gasteiger partial charge in [0.05, 0.1) is 7.11 Å². The average Bonchev–Trinajstić information content (AvgIpc) is 2.65. The molecule has 0 bridgehead atoms. The van der Waals surface area contributed by atoms with E-state index < -0.39 is 11.6 Å². The second-order valence-corrected chi connectivity index (χ2v) is 6.42. The van der Waals surface area contributed by atoms with E-state index in [9.17, 15) is 14.3 Å². The molecule has 3 rings (SSSR count). The molecule has 6 heteroatoms. The highest BCUT2D eigenvalue weighted by molar-refractivity contribution is 5.78.